The van der Waals surface area contributed by atoms with Gasteiger partial charge in [-0.1, -0.05) is 48.6 Å². The Morgan fingerprint density at radius 2 is 1.46 bits per heavy atom. The Morgan fingerprint density at radius 1 is 0.923 bits per heavy atom. The molecular formula is C22H16N2S2. The van der Waals surface area contributed by atoms with Crippen molar-refractivity contribution in [1.29, 1.82) is 0 Å². The summed E-state index contributed by atoms with van der Waals surface area (Å²) in [5.41, 5.74) is 0. The van der Waals surface area contributed by atoms with Crippen molar-refractivity contribution in [2.24, 2.45) is 4.99 Å². The third kappa shape index (κ3) is 2.06. The Hall–Kier alpha value is -2.69. The summed E-state index contributed by atoms with van der Waals surface area (Å²) in [4.78, 5) is 6.82. The molecule has 2 aromatic carbocycles. The molecule has 0 atom stereocenters. The second-order valence-corrected chi connectivity index (χ2v) is 8.16. The van der Waals surface area contributed by atoms with Gasteiger partial charge in [-0.05, 0) is 31.9 Å². The second-order valence-electron chi connectivity index (χ2n) is 6.10. The van der Waals surface area contributed by atoms with E-state index < -0.39 is 0 Å². The van der Waals surface area contributed by atoms with Gasteiger partial charge in [-0.2, -0.15) is 0 Å². The van der Waals surface area contributed by atoms with Crippen molar-refractivity contribution in [3.05, 3.63) is 66.8 Å². The van der Waals surface area contributed by atoms with Crippen LogP contribution in [0.5, 0.6) is 0 Å². The lowest BCUT2D eigenvalue weighted by Crippen LogP contribution is -1.91. The highest BCUT2D eigenvalue weighted by Gasteiger charge is 2.21. The smallest absolute Gasteiger partial charge is 0.138 e. The quantitative estimate of drug-likeness (QED) is 0.233. The van der Waals surface area contributed by atoms with Crippen molar-refractivity contribution < 1.29 is 0 Å². The SMILES string of the molecule is C=N/C(=C\C=C/C)n1c2sc3ccccc3c2c2c3ccccc3sc21. The third-order valence-corrected chi connectivity index (χ3v) is 6.95. The number of nitrogens with zero attached hydrogens (tertiary/aromatic N) is 2. The average molecular weight is 373 g/mol. The Balaban J connectivity index is 2.07. The van der Waals surface area contributed by atoms with Crippen LogP contribution in [0, 0.1) is 0 Å². The molecule has 0 radical (unpaired) electrons. The van der Waals surface area contributed by atoms with Gasteiger partial charge < -0.3 is 0 Å². The van der Waals surface area contributed by atoms with E-state index in [1.54, 1.807) is 0 Å². The number of aromatic nitrogens is 1. The van der Waals surface area contributed by atoms with E-state index in [-0.39, 0.29) is 0 Å². The topological polar surface area (TPSA) is 17.3 Å². The van der Waals surface area contributed by atoms with E-state index in [2.05, 4.69) is 64.8 Å². The summed E-state index contributed by atoms with van der Waals surface area (Å²) in [6, 6.07) is 17.3. The Bertz CT molecular complexity index is 1270. The van der Waals surface area contributed by atoms with Gasteiger partial charge in [0.15, 0.2) is 0 Å². The van der Waals surface area contributed by atoms with Gasteiger partial charge in [-0.15, -0.1) is 22.7 Å². The molecule has 0 unspecified atom stereocenters. The number of fused-ring (bicyclic) bond motifs is 7. The van der Waals surface area contributed by atoms with Crippen LogP contribution in [0.3, 0.4) is 0 Å². The van der Waals surface area contributed by atoms with E-state index in [1.807, 2.05) is 47.8 Å². The summed E-state index contributed by atoms with van der Waals surface area (Å²) in [6.07, 6.45) is 6.06. The van der Waals surface area contributed by atoms with Crippen LogP contribution in [0.25, 0.3) is 46.4 Å². The summed E-state index contributed by atoms with van der Waals surface area (Å²) in [6.45, 7) is 5.84. The summed E-state index contributed by atoms with van der Waals surface area (Å²) in [7, 11) is 0. The predicted molar refractivity (Wildman–Crippen MR) is 119 cm³/mol. The van der Waals surface area contributed by atoms with Crippen molar-refractivity contribution >= 4 is 75.8 Å². The van der Waals surface area contributed by atoms with Crippen LogP contribution < -0.4 is 0 Å². The first-order chi connectivity index (χ1) is 12.8. The Kier molecular flexibility index (Phi) is 3.55. The molecule has 2 nitrogen and oxygen atoms in total. The molecule has 0 aliphatic carbocycles. The van der Waals surface area contributed by atoms with Crippen molar-refractivity contribution in [3.63, 3.8) is 0 Å². The number of benzene rings is 2. The number of hydrogen-bond acceptors (Lipinski definition) is 3. The number of thiophene rings is 2. The maximum atomic E-state index is 4.34. The standard InChI is InChI=1S/C22H16N2S2/c1-3-4-13-18(23-2)24-21-19(14-9-5-7-11-16(14)25-21)20-15-10-6-8-12-17(15)26-22(20)24/h3-13H,2H2,1H3/b4-3-,18-13+. The first-order valence-corrected chi connectivity index (χ1v) is 10.1. The molecular weight excluding hydrogens is 356 g/mol. The maximum Gasteiger partial charge on any atom is 0.138 e. The molecule has 0 aliphatic rings. The van der Waals surface area contributed by atoms with Crippen LogP contribution in [0.15, 0.2) is 71.8 Å². The van der Waals surface area contributed by atoms with Crippen molar-refractivity contribution in [1.82, 2.24) is 4.57 Å². The molecule has 26 heavy (non-hydrogen) atoms. The molecule has 5 aromatic rings. The molecule has 4 heteroatoms. The Morgan fingerprint density at radius 3 is 1.96 bits per heavy atom. The monoisotopic (exact) mass is 372 g/mol. The minimum absolute atomic E-state index is 0.862. The lowest BCUT2D eigenvalue weighted by molar-refractivity contribution is 1.21. The molecule has 0 spiro atoms. The van der Waals surface area contributed by atoms with E-state index in [0.717, 1.165) is 5.82 Å². The fourth-order valence-corrected chi connectivity index (χ4v) is 6.05. The number of rotatable bonds is 3. The van der Waals surface area contributed by atoms with Gasteiger partial charge in [0, 0.05) is 30.9 Å². The minimum Gasteiger partial charge on any atom is -0.276 e. The number of allylic oxidation sites excluding steroid dienone is 3. The largest absolute Gasteiger partial charge is 0.276 e. The van der Waals surface area contributed by atoms with Crippen LogP contribution in [-0.2, 0) is 0 Å². The highest BCUT2D eigenvalue weighted by molar-refractivity contribution is 7.28. The summed E-state index contributed by atoms with van der Waals surface area (Å²) in [5.74, 6) is 0.862. The predicted octanol–water partition coefficient (Wildman–Crippen LogP) is 7.30. The van der Waals surface area contributed by atoms with Gasteiger partial charge >= 0.3 is 0 Å². The molecule has 0 N–H and O–H groups in total. The highest BCUT2D eigenvalue weighted by Crippen LogP contribution is 2.47. The van der Waals surface area contributed by atoms with Gasteiger partial charge in [-0.3, -0.25) is 4.57 Å². The van der Waals surface area contributed by atoms with Gasteiger partial charge in [0.1, 0.15) is 15.5 Å². The molecule has 0 saturated heterocycles. The molecule has 3 heterocycles. The van der Waals surface area contributed by atoms with Crippen molar-refractivity contribution in [3.8, 4) is 0 Å². The lowest BCUT2D eigenvalue weighted by atomic mass is 10.1. The van der Waals surface area contributed by atoms with Gasteiger partial charge in [0.25, 0.3) is 0 Å². The second kappa shape index (κ2) is 5.94. The van der Waals surface area contributed by atoms with Crippen molar-refractivity contribution in [2.75, 3.05) is 0 Å². The molecule has 0 bridgehead atoms. The third-order valence-electron chi connectivity index (χ3n) is 4.64. The van der Waals surface area contributed by atoms with E-state index in [9.17, 15) is 0 Å². The molecule has 0 amide bonds. The maximum absolute atomic E-state index is 4.34. The fourth-order valence-electron chi connectivity index (χ4n) is 3.54. The highest BCUT2D eigenvalue weighted by atomic mass is 32.1. The molecule has 3 aromatic heterocycles. The minimum atomic E-state index is 0.862. The Labute approximate surface area is 159 Å². The lowest BCUT2D eigenvalue weighted by Gasteiger charge is -2.03. The van der Waals surface area contributed by atoms with Gasteiger partial charge in [0.2, 0.25) is 0 Å². The molecule has 126 valence electrons. The van der Waals surface area contributed by atoms with E-state index in [1.165, 1.54) is 40.6 Å². The van der Waals surface area contributed by atoms with E-state index >= 15 is 0 Å². The first-order valence-electron chi connectivity index (χ1n) is 8.46. The fraction of sp³-hybridized carbons (Fsp3) is 0.0455. The van der Waals surface area contributed by atoms with Crippen LogP contribution in [0.2, 0.25) is 0 Å². The van der Waals surface area contributed by atoms with Gasteiger partial charge in [0.05, 0.1) is 0 Å². The zero-order valence-corrected chi connectivity index (χ0v) is 15.9. The normalized spacial score (nSPS) is 13.0. The molecule has 0 aliphatic heterocycles. The zero-order valence-electron chi connectivity index (χ0n) is 14.3. The first kappa shape index (κ1) is 15.6. The molecule has 0 saturated carbocycles. The van der Waals surface area contributed by atoms with E-state index in [0.29, 0.717) is 0 Å². The zero-order chi connectivity index (χ0) is 17.7. The van der Waals surface area contributed by atoms with Crippen LogP contribution in [-0.4, -0.2) is 11.3 Å². The summed E-state index contributed by atoms with van der Waals surface area (Å²) < 4.78 is 4.88. The van der Waals surface area contributed by atoms with E-state index in [4.69, 9.17) is 0 Å². The van der Waals surface area contributed by atoms with Crippen LogP contribution in [0.1, 0.15) is 6.92 Å². The van der Waals surface area contributed by atoms with Crippen LogP contribution in [0.4, 0.5) is 0 Å². The number of aliphatic imine (C=N–C) groups is 1. The summed E-state index contributed by atoms with van der Waals surface area (Å²) in [5, 5.41) is 5.28. The average Bonchev–Trinajstić information content (AvgIpc) is 3.30. The van der Waals surface area contributed by atoms with Gasteiger partial charge in [-0.25, -0.2) is 4.99 Å². The summed E-state index contributed by atoms with van der Waals surface area (Å²) >= 11 is 3.64. The molecule has 0 fully saturated rings. The van der Waals surface area contributed by atoms with Crippen molar-refractivity contribution in [2.45, 2.75) is 6.92 Å². The van der Waals surface area contributed by atoms with Crippen LogP contribution >= 0.6 is 22.7 Å². The molecule has 5 rings (SSSR count). The number of hydrogen-bond donors (Lipinski definition) is 0.